The topological polar surface area (TPSA) is 461 Å². The molecular weight excluding hydrogens is 1560 g/mol. The van der Waals surface area contributed by atoms with Crippen LogP contribution >= 0.6 is 12.4 Å². The number of aldehydes is 1. The molecule has 28 nitrogen and oxygen atoms in total. The molecule has 35 heteroatoms. The second-order valence-electron chi connectivity index (χ2n) is 29.1. The molecule has 0 aromatic heterocycles. The van der Waals surface area contributed by atoms with Crippen molar-refractivity contribution in [3.05, 3.63) is 214 Å². The Morgan fingerprint density at radius 2 is 0.752 bits per heavy atom. The summed E-state index contributed by atoms with van der Waals surface area (Å²) in [6, 6.07) is 34.5. The Balaban J connectivity index is -0.00000131. The maximum atomic E-state index is 13.0. The summed E-state index contributed by atoms with van der Waals surface area (Å²) in [5.74, 6) is -5.65. The largest absolute Gasteiger partial charge is 0.480 e. The van der Waals surface area contributed by atoms with Gasteiger partial charge >= 0.3 is 24.2 Å². The standard InChI is InChI=1S/C16H23FN2O4.C14H18FNO4.C14H18FNO3.C11H14FNO2.C11H12FNO.C10H13FN2O2.C4H7NO.C2H7NO.ClH/c1-16(2,3)23-15(21)18-13(14(20)19(4)22-5)10-11-6-8-12(17)9-7-11;1-14(2,3)20-13(19)16-11(12(17)18)8-9-4-6-10(15)7-5-9;1-14(2,3)19-13(18)16-12(9-17)8-10-4-6-11(15)7-5-10;1-7(10(14)11(13)15)6-8-2-4-9(12)5-3-8;1-8(11(14)7-13)6-9-2-4-10(12)5-3-9;11-7-3-1-6(2-4-7)5-8(12)9(14)10(13)15;1-4(2,6)3-5;1-3-4-2;/h6-9,13H,10H2,1-5H3,(H,18,21);4-7,11H,8H2,1-3H3,(H,16,19)(H,17,18);4-7,9,12H,8H2,1-3H3,(H,16,18);2-5,7,10,14H,6H2,1H3,(H2,13,15);2-5,8,11,14H,6H2,1H3;1-4,8-9,14H,5,12H2,(H2,13,15);6H,1-2H3;3H,1-2H3;1H/t13-;11-;12-;7-,10?;8-,11?;8-,9?;;;/m000000.../s1. The average Bonchev–Trinajstić information content (AvgIpc) is 0.870. The fourth-order valence-corrected chi connectivity index (χ4v) is 8.62. The third-order valence-electron chi connectivity index (χ3n) is 14.5. The molecule has 0 aliphatic carbocycles. The van der Waals surface area contributed by atoms with Crippen molar-refractivity contribution in [2.24, 2.45) is 29.0 Å². The molecule has 0 heterocycles. The van der Waals surface area contributed by atoms with Crippen LogP contribution in [0.4, 0.5) is 40.7 Å². The van der Waals surface area contributed by atoms with Gasteiger partial charge < -0.3 is 82.5 Å². The molecule has 6 aromatic rings. The Labute approximate surface area is 685 Å². The van der Waals surface area contributed by atoms with Crippen LogP contribution in [-0.4, -0.2) is 172 Å². The normalized spacial score (nSPS) is 12.9. The number of nitriles is 2. The maximum Gasteiger partial charge on any atom is 0.408 e. The van der Waals surface area contributed by atoms with E-state index < -0.39 is 113 Å². The highest BCUT2D eigenvalue weighted by Crippen LogP contribution is 2.18. The van der Waals surface area contributed by atoms with Crippen molar-refractivity contribution in [3.8, 4) is 12.1 Å². The van der Waals surface area contributed by atoms with E-state index in [1.54, 1.807) is 163 Å². The highest BCUT2D eigenvalue weighted by Gasteiger charge is 2.29. The molecule has 9 atom stereocenters. The third kappa shape index (κ3) is 55.4. The van der Waals surface area contributed by atoms with Gasteiger partial charge in [-0.15, -0.1) is 12.4 Å². The average molecular weight is 1680 g/mol. The molecule has 6 rings (SSSR count). The molecule has 117 heavy (non-hydrogen) atoms. The molecule has 648 valence electrons. The molecule has 6 aromatic carbocycles. The summed E-state index contributed by atoms with van der Waals surface area (Å²) in [5.41, 5.74) is 19.3. The number of rotatable bonds is 25. The first-order valence-corrected chi connectivity index (χ1v) is 35.8. The van der Waals surface area contributed by atoms with Gasteiger partial charge in [0.25, 0.3) is 5.91 Å². The first-order chi connectivity index (χ1) is 53.7. The van der Waals surface area contributed by atoms with Crippen molar-refractivity contribution in [2.45, 2.75) is 193 Å². The van der Waals surface area contributed by atoms with Crippen LogP contribution in [0.25, 0.3) is 0 Å². The van der Waals surface area contributed by atoms with E-state index in [1.165, 1.54) is 113 Å². The van der Waals surface area contributed by atoms with E-state index in [0.29, 0.717) is 36.7 Å². The first kappa shape index (κ1) is 110. The van der Waals surface area contributed by atoms with E-state index in [-0.39, 0.29) is 72.6 Å². The number of nitrogens with one attached hydrogen (secondary N) is 4. The zero-order valence-electron chi connectivity index (χ0n) is 68.7. The monoisotopic (exact) mass is 1670 g/mol. The highest BCUT2D eigenvalue weighted by molar-refractivity contribution is 5.86. The number of nitrogens with zero attached hydrogens (tertiary/aromatic N) is 3. The van der Waals surface area contributed by atoms with E-state index in [2.05, 4.69) is 26.3 Å². The molecule has 0 fully saturated rings. The van der Waals surface area contributed by atoms with Gasteiger partial charge in [0, 0.05) is 33.0 Å². The number of ether oxygens (including phenoxy) is 3. The van der Waals surface area contributed by atoms with Crippen molar-refractivity contribution >= 4 is 60.7 Å². The minimum atomic E-state index is -1.38. The van der Waals surface area contributed by atoms with Crippen LogP contribution < -0.4 is 38.6 Å². The second-order valence-corrected chi connectivity index (χ2v) is 29.1. The lowest BCUT2D eigenvalue weighted by atomic mass is 9.95. The van der Waals surface area contributed by atoms with Gasteiger partial charge in [0.05, 0.1) is 32.4 Å². The highest BCUT2D eigenvalue weighted by atomic mass is 35.5. The number of aliphatic hydroxyl groups excluding tert-OH is 3. The number of likely N-dealkylation sites (N-methyl/N-ethyl adjacent to an activating group) is 1. The molecular formula is C82H113ClF6N10O18. The maximum absolute atomic E-state index is 13.0. The van der Waals surface area contributed by atoms with Gasteiger partial charge in [-0.1, -0.05) is 86.6 Å². The summed E-state index contributed by atoms with van der Waals surface area (Å²) in [6.07, 6.45) is -3.15. The number of hydrogen-bond acceptors (Lipinski definition) is 21. The predicted octanol–water partition coefficient (Wildman–Crippen LogP) is 9.84. The lowest BCUT2D eigenvalue weighted by Crippen LogP contribution is -2.49. The number of carbonyl (C=O) groups excluding carboxylic acids is 7. The number of carboxylic acids is 1. The van der Waals surface area contributed by atoms with Crippen molar-refractivity contribution < 1.29 is 114 Å². The fraction of sp³-hybridized carbons (Fsp3) is 0.439. The lowest BCUT2D eigenvalue weighted by Gasteiger charge is -2.25. The Bertz CT molecular complexity index is 3910. The van der Waals surface area contributed by atoms with E-state index in [9.17, 15) is 80.0 Å². The van der Waals surface area contributed by atoms with E-state index in [4.69, 9.17) is 57.0 Å². The van der Waals surface area contributed by atoms with Gasteiger partial charge in [-0.3, -0.25) is 19.2 Å². The number of halogens is 7. The van der Waals surface area contributed by atoms with E-state index in [1.807, 2.05) is 0 Å². The number of aliphatic hydroxyl groups is 4. The van der Waals surface area contributed by atoms with Gasteiger partial charge in [0.15, 0.2) is 0 Å². The number of benzene rings is 6. The number of hydrogen-bond donors (Lipinski definition) is 12. The van der Waals surface area contributed by atoms with Gasteiger partial charge in [-0.05, 0) is 220 Å². The number of aliphatic carboxylic acids is 1. The van der Waals surface area contributed by atoms with Gasteiger partial charge in [0.1, 0.15) is 94.0 Å². The minimum absolute atomic E-state index is 0. The number of nitrogens with two attached hydrogens (primary N) is 3. The van der Waals surface area contributed by atoms with Gasteiger partial charge in [0.2, 0.25) is 11.8 Å². The van der Waals surface area contributed by atoms with Crippen molar-refractivity contribution in [1.29, 1.82) is 10.5 Å². The number of amides is 6. The summed E-state index contributed by atoms with van der Waals surface area (Å²) >= 11 is 0. The summed E-state index contributed by atoms with van der Waals surface area (Å²) in [7, 11) is 6.07. The van der Waals surface area contributed by atoms with Gasteiger partial charge in [-0.25, -0.2) is 56.1 Å². The van der Waals surface area contributed by atoms with Crippen LogP contribution in [-0.2, 0) is 86.4 Å². The fourth-order valence-electron chi connectivity index (χ4n) is 8.62. The molecule has 0 aliphatic heterocycles. The Morgan fingerprint density at radius 3 is 1.01 bits per heavy atom. The zero-order valence-corrected chi connectivity index (χ0v) is 69.5. The molecule has 0 bridgehead atoms. The number of hydroxylamine groups is 3. The number of alkyl carbamates (subject to hydrolysis) is 3. The molecule has 0 aliphatic rings. The Kier molecular flexibility index (Phi) is 53.3. The molecule has 3 unspecified atom stereocenters. The first-order valence-electron chi connectivity index (χ1n) is 35.8. The second kappa shape index (κ2) is 56.5. The van der Waals surface area contributed by atoms with Crippen molar-refractivity contribution in [1.82, 2.24) is 26.5 Å². The molecule has 15 N–H and O–H groups in total. The molecule has 0 saturated carbocycles. The Morgan fingerprint density at radius 1 is 0.487 bits per heavy atom. The third-order valence-corrected chi connectivity index (χ3v) is 14.5. The van der Waals surface area contributed by atoms with Crippen LogP contribution in [0, 0.1) is 69.4 Å². The summed E-state index contributed by atoms with van der Waals surface area (Å²) in [5, 5.41) is 70.0. The van der Waals surface area contributed by atoms with Crippen molar-refractivity contribution in [3.63, 3.8) is 0 Å². The van der Waals surface area contributed by atoms with Crippen LogP contribution in [0.3, 0.4) is 0 Å². The van der Waals surface area contributed by atoms with Crippen LogP contribution in [0.5, 0.6) is 0 Å². The summed E-state index contributed by atoms with van der Waals surface area (Å²) in [6.45, 7) is 21.8. The SMILES string of the molecule is CC(C)(C)OC(=O)N[C@@H](Cc1ccc(F)cc1)C(=O)O.CC(C)(C)OC(=O)N[C@H](C=O)Cc1ccc(F)cc1.CC(C)(O)C#N.CNOC.CON(C)C(=O)[C@H](Cc1ccc(F)cc1)NC(=O)OC(C)(C)C.C[C@@H](Cc1ccc(F)cc1)C(O)C#N.C[C@@H](Cc1ccc(F)cc1)C(O)C(N)=O.Cl.NC(=O)C(O)[C@@H](N)Cc1ccc(F)cc1. The molecule has 6 amide bonds. The van der Waals surface area contributed by atoms with E-state index >= 15 is 0 Å². The van der Waals surface area contributed by atoms with Crippen LogP contribution in [0.2, 0.25) is 0 Å². The number of carboxylic acid groups (broad SMARTS) is 1. The van der Waals surface area contributed by atoms with Crippen LogP contribution in [0.15, 0.2) is 146 Å². The molecule has 0 saturated heterocycles. The van der Waals surface area contributed by atoms with E-state index in [0.717, 1.165) is 27.3 Å². The molecule has 0 spiro atoms. The summed E-state index contributed by atoms with van der Waals surface area (Å²) < 4.78 is 91.4. The Hall–Kier alpha value is -10.8. The lowest BCUT2D eigenvalue weighted by molar-refractivity contribution is -0.171. The minimum Gasteiger partial charge on any atom is -0.480 e. The van der Waals surface area contributed by atoms with Gasteiger partial charge in [-0.2, -0.15) is 10.5 Å². The smallest absolute Gasteiger partial charge is 0.408 e. The predicted molar refractivity (Wildman–Crippen MR) is 427 cm³/mol. The number of primary amides is 2. The molecule has 0 radical (unpaired) electrons. The zero-order chi connectivity index (χ0) is 89.4. The van der Waals surface area contributed by atoms with Crippen molar-refractivity contribution in [2.75, 3.05) is 28.3 Å². The quantitative estimate of drug-likeness (QED) is 0.00833. The number of carbonyl (C=O) groups is 8. The van der Waals surface area contributed by atoms with Crippen LogP contribution in [0.1, 0.15) is 123 Å². The summed E-state index contributed by atoms with van der Waals surface area (Å²) in [4.78, 5) is 99.8.